The number of amides is 1. The molecule has 3 rings (SSSR count). The van der Waals surface area contributed by atoms with Gasteiger partial charge in [0.2, 0.25) is 5.91 Å². The summed E-state index contributed by atoms with van der Waals surface area (Å²) >= 11 is 0. The number of fused-ring (bicyclic) bond motifs is 2. The first-order valence-electron chi connectivity index (χ1n) is 8.62. The minimum absolute atomic E-state index is 0.00332. The van der Waals surface area contributed by atoms with Crippen LogP contribution in [0.1, 0.15) is 37.8 Å². The molecule has 0 saturated carbocycles. The second-order valence-electron chi connectivity index (χ2n) is 7.11. The van der Waals surface area contributed by atoms with E-state index in [2.05, 4.69) is 6.07 Å². The summed E-state index contributed by atoms with van der Waals surface area (Å²) in [6.07, 6.45) is 1.86. The van der Waals surface area contributed by atoms with E-state index in [1.807, 2.05) is 24.8 Å². The van der Waals surface area contributed by atoms with E-state index < -0.39 is 0 Å². The van der Waals surface area contributed by atoms with Gasteiger partial charge in [-0.25, -0.2) is 0 Å². The Morgan fingerprint density at radius 3 is 2.38 bits per heavy atom. The predicted octanol–water partition coefficient (Wildman–Crippen LogP) is 2.75. The van der Waals surface area contributed by atoms with Crippen LogP contribution < -0.4 is 9.47 Å². The largest absolute Gasteiger partial charge is 0.493 e. The highest BCUT2D eigenvalue weighted by molar-refractivity contribution is 5.79. The highest BCUT2D eigenvalue weighted by atomic mass is 16.5. The topological polar surface area (TPSA) is 48.0 Å². The zero-order valence-corrected chi connectivity index (χ0v) is 15.1. The van der Waals surface area contributed by atoms with Gasteiger partial charge in [-0.05, 0) is 36.1 Å². The standard InChI is InChI=1S/C19H27NO4/c1-13(2)18(21)20-11-14-9-16(22-3)17(23-4)10-15(14)19(12-20)5-7-24-8-6-19/h9-10,13H,5-8,11-12H2,1-4H3. The van der Waals surface area contributed by atoms with Crippen molar-refractivity contribution in [2.45, 2.75) is 38.6 Å². The van der Waals surface area contributed by atoms with Gasteiger partial charge in [0.25, 0.3) is 0 Å². The van der Waals surface area contributed by atoms with Crippen LogP contribution in [-0.4, -0.2) is 44.8 Å². The van der Waals surface area contributed by atoms with Crippen LogP contribution in [0.4, 0.5) is 0 Å². The van der Waals surface area contributed by atoms with E-state index in [9.17, 15) is 4.79 Å². The number of carbonyl (C=O) groups excluding carboxylic acids is 1. The molecule has 0 bridgehead atoms. The highest BCUT2D eigenvalue weighted by Crippen LogP contribution is 2.45. The van der Waals surface area contributed by atoms with Crippen LogP contribution in [0.2, 0.25) is 0 Å². The third kappa shape index (κ3) is 2.86. The van der Waals surface area contributed by atoms with E-state index in [1.165, 1.54) is 5.56 Å². The SMILES string of the molecule is COc1cc2c(cc1OC)C1(CCOCC1)CN(C(=O)C(C)C)C2. The van der Waals surface area contributed by atoms with Crippen molar-refractivity contribution in [1.82, 2.24) is 4.90 Å². The molecule has 1 amide bonds. The Morgan fingerprint density at radius 2 is 1.79 bits per heavy atom. The molecule has 0 radical (unpaired) electrons. The van der Waals surface area contributed by atoms with Gasteiger partial charge in [-0.3, -0.25) is 4.79 Å². The van der Waals surface area contributed by atoms with Crippen molar-refractivity contribution in [2.24, 2.45) is 5.92 Å². The van der Waals surface area contributed by atoms with Crippen LogP contribution in [0.25, 0.3) is 0 Å². The molecular weight excluding hydrogens is 306 g/mol. The lowest BCUT2D eigenvalue weighted by Crippen LogP contribution is -2.51. The summed E-state index contributed by atoms with van der Waals surface area (Å²) in [6, 6.07) is 4.14. The van der Waals surface area contributed by atoms with Crippen molar-refractivity contribution >= 4 is 5.91 Å². The van der Waals surface area contributed by atoms with Crippen LogP contribution in [0, 0.1) is 5.92 Å². The van der Waals surface area contributed by atoms with E-state index in [1.54, 1.807) is 14.2 Å². The van der Waals surface area contributed by atoms with Crippen LogP contribution in [-0.2, 0) is 21.5 Å². The molecule has 2 aliphatic heterocycles. The molecule has 1 aromatic rings. The average Bonchev–Trinajstić information content (AvgIpc) is 2.60. The van der Waals surface area contributed by atoms with Crippen LogP contribution in [0.15, 0.2) is 12.1 Å². The summed E-state index contributed by atoms with van der Waals surface area (Å²) in [6.45, 7) is 6.78. The van der Waals surface area contributed by atoms with Gasteiger partial charge in [-0.15, -0.1) is 0 Å². The maximum Gasteiger partial charge on any atom is 0.225 e. The Labute approximate surface area is 143 Å². The number of methoxy groups -OCH3 is 2. The first-order chi connectivity index (χ1) is 11.5. The molecule has 5 nitrogen and oxygen atoms in total. The number of rotatable bonds is 3. The maximum atomic E-state index is 12.6. The Balaban J connectivity index is 2.08. The van der Waals surface area contributed by atoms with Crippen molar-refractivity contribution in [2.75, 3.05) is 34.0 Å². The molecule has 0 N–H and O–H groups in total. The Kier molecular flexibility index (Phi) is 4.72. The molecule has 0 aliphatic carbocycles. The third-order valence-corrected chi connectivity index (χ3v) is 5.29. The van der Waals surface area contributed by atoms with Gasteiger partial charge in [0.15, 0.2) is 11.5 Å². The lowest BCUT2D eigenvalue weighted by Gasteiger charge is -2.47. The minimum atomic E-state index is -0.0457. The van der Waals surface area contributed by atoms with E-state index >= 15 is 0 Å². The second-order valence-corrected chi connectivity index (χ2v) is 7.11. The molecule has 5 heteroatoms. The molecule has 2 aliphatic rings. The lowest BCUT2D eigenvalue weighted by molar-refractivity contribution is -0.137. The Bertz CT molecular complexity index is 620. The molecule has 0 atom stereocenters. The van der Waals surface area contributed by atoms with E-state index in [-0.39, 0.29) is 17.2 Å². The maximum absolute atomic E-state index is 12.6. The number of ether oxygens (including phenoxy) is 3. The third-order valence-electron chi connectivity index (χ3n) is 5.29. The molecule has 1 saturated heterocycles. The molecule has 2 heterocycles. The first-order valence-corrected chi connectivity index (χ1v) is 8.62. The van der Waals surface area contributed by atoms with Crippen LogP contribution in [0.5, 0.6) is 11.5 Å². The summed E-state index contributed by atoms with van der Waals surface area (Å²) < 4.78 is 16.6. The van der Waals surface area contributed by atoms with E-state index in [0.717, 1.165) is 49.7 Å². The Hall–Kier alpha value is -1.75. The monoisotopic (exact) mass is 333 g/mol. The van der Waals surface area contributed by atoms with Crippen LogP contribution in [0.3, 0.4) is 0 Å². The molecule has 0 aromatic heterocycles. The zero-order chi connectivity index (χ0) is 17.3. The smallest absolute Gasteiger partial charge is 0.225 e. The minimum Gasteiger partial charge on any atom is -0.493 e. The second kappa shape index (κ2) is 6.63. The summed E-state index contributed by atoms with van der Waals surface area (Å²) in [5.74, 6) is 1.69. The Morgan fingerprint density at radius 1 is 1.17 bits per heavy atom. The van der Waals surface area contributed by atoms with Gasteiger partial charge < -0.3 is 19.1 Å². The van der Waals surface area contributed by atoms with Crippen molar-refractivity contribution in [3.05, 3.63) is 23.3 Å². The van der Waals surface area contributed by atoms with Gasteiger partial charge in [0.1, 0.15) is 0 Å². The highest BCUT2D eigenvalue weighted by Gasteiger charge is 2.43. The number of hydrogen-bond donors (Lipinski definition) is 0. The number of nitrogens with zero attached hydrogens (tertiary/aromatic N) is 1. The number of benzene rings is 1. The van der Waals surface area contributed by atoms with Gasteiger partial charge in [-0.1, -0.05) is 13.8 Å². The molecule has 132 valence electrons. The van der Waals surface area contributed by atoms with Gasteiger partial charge in [0.05, 0.1) is 14.2 Å². The quantitative estimate of drug-likeness (QED) is 0.853. The van der Waals surface area contributed by atoms with Crippen molar-refractivity contribution in [3.63, 3.8) is 0 Å². The lowest BCUT2D eigenvalue weighted by atomic mass is 9.69. The number of carbonyl (C=O) groups is 1. The fourth-order valence-corrected chi connectivity index (χ4v) is 3.97. The van der Waals surface area contributed by atoms with Gasteiger partial charge in [0, 0.05) is 37.6 Å². The van der Waals surface area contributed by atoms with E-state index in [4.69, 9.17) is 14.2 Å². The molecular formula is C19H27NO4. The molecule has 0 unspecified atom stereocenters. The van der Waals surface area contributed by atoms with Crippen molar-refractivity contribution < 1.29 is 19.0 Å². The predicted molar refractivity (Wildman–Crippen MR) is 91.5 cm³/mol. The summed E-state index contributed by atoms with van der Waals surface area (Å²) in [5.41, 5.74) is 2.40. The van der Waals surface area contributed by atoms with Crippen molar-refractivity contribution in [3.8, 4) is 11.5 Å². The fourth-order valence-electron chi connectivity index (χ4n) is 3.97. The molecule has 1 aromatic carbocycles. The molecule has 24 heavy (non-hydrogen) atoms. The first kappa shape index (κ1) is 17.1. The van der Waals surface area contributed by atoms with Crippen LogP contribution >= 0.6 is 0 Å². The molecule has 1 spiro atoms. The average molecular weight is 333 g/mol. The van der Waals surface area contributed by atoms with Gasteiger partial charge in [-0.2, -0.15) is 0 Å². The zero-order valence-electron chi connectivity index (χ0n) is 15.1. The normalized spacial score (nSPS) is 19.3. The number of hydrogen-bond acceptors (Lipinski definition) is 4. The fraction of sp³-hybridized carbons (Fsp3) is 0.632. The summed E-state index contributed by atoms with van der Waals surface area (Å²) in [7, 11) is 3.31. The molecule has 1 fully saturated rings. The summed E-state index contributed by atoms with van der Waals surface area (Å²) in [4.78, 5) is 14.7. The summed E-state index contributed by atoms with van der Waals surface area (Å²) in [5, 5.41) is 0. The van der Waals surface area contributed by atoms with E-state index in [0.29, 0.717) is 6.54 Å². The van der Waals surface area contributed by atoms with Gasteiger partial charge >= 0.3 is 0 Å². The van der Waals surface area contributed by atoms with Crippen molar-refractivity contribution in [1.29, 1.82) is 0 Å².